The number of aliphatic carboxylic acids is 1. The van der Waals surface area contributed by atoms with E-state index in [4.69, 9.17) is 15.5 Å². The van der Waals surface area contributed by atoms with Crippen molar-refractivity contribution in [3.8, 4) is 6.07 Å². The second-order valence-electron chi connectivity index (χ2n) is 2.97. The van der Waals surface area contributed by atoms with E-state index in [1.54, 1.807) is 18.2 Å². The summed E-state index contributed by atoms with van der Waals surface area (Å²) >= 11 is 3.21. The predicted molar refractivity (Wildman–Crippen MR) is 56.2 cm³/mol. The summed E-state index contributed by atoms with van der Waals surface area (Å²) in [6, 6.07) is 6.84. The minimum Gasteiger partial charge on any atom is -0.479 e. The van der Waals surface area contributed by atoms with E-state index in [0.717, 1.165) is 4.47 Å². The van der Waals surface area contributed by atoms with Gasteiger partial charge in [0, 0.05) is 10.9 Å². The summed E-state index contributed by atoms with van der Waals surface area (Å²) in [7, 11) is 0. The van der Waals surface area contributed by atoms with Crippen LogP contribution in [0.4, 0.5) is 0 Å². The van der Waals surface area contributed by atoms with E-state index < -0.39 is 12.1 Å². The van der Waals surface area contributed by atoms with Crippen molar-refractivity contribution in [2.24, 2.45) is 0 Å². The fourth-order valence-electron chi connectivity index (χ4n) is 1.14. The van der Waals surface area contributed by atoms with Crippen molar-refractivity contribution in [1.29, 1.82) is 5.26 Å². The van der Waals surface area contributed by atoms with Crippen LogP contribution in [0, 0.1) is 11.3 Å². The highest BCUT2D eigenvalue weighted by atomic mass is 79.9. The summed E-state index contributed by atoms with van der Waals surface area (Å²) in [5.41, 5.74) is 0.889. The summed E-state index contributed by atoms with van der Waals surface area (Å²) in [4.78, 5) is 10.4. The molecule has 0 amide bonds. The standard InChI is InChI=1S/C10H8BrNO3/c11-8-2-1-6(5-12)7(3-8)4-9(13)10(14)15/h1-3,9,13H,4H2,(H,14,15). The molecule has 15 heavy (non-hydrogen) atoms. The Morgan fingerprint density at radius 1 is 1.60 bits per heavy atom. The maximum atomic E-state index is 10.4. The van der Waals surface area contributed by atoms with Crippen molar-refractivity contribution < 1.29 is 15.0 Å². The molecule has 0 saturated carbocycles. The summed E-state index contributed by atoms with van der Waals surface area (Å²) in [6.45, 7) is 0. The van der Waals surface area contributed by atoms with E-state index in [0.29, 0.717) is 11.1 Å². The van der Waals surface area contributed by atoms with Crippen LogP contribution in [0.1, 0.15) is 11.1 Å². The fraction of sp³-hybridized carbons (Fsp3) is 0.200. The largest absolute Gasteiger partial charge is 0.479 e. The topological polar surface area (TPSA) is 81.3 Å². The molecular weight excluding hydrogens is 262 g/mol. The highest BCUT2D eigenvalue weighted by Gasteiger charge is 2.15. The van der Waals surface area contributed by atoms with Gasteiger partial charge >= 0.3 is 5.97 Å². The zero-order valence-corrected chi connectivity index (χ0v) is 9.23. The number of nitriles is 1. The first-order valence-corrected chi connectivity index (χ1v) is 4.93. The lowest BCUT2D eigenvalue weighted by Gasteiger charge is -2.07. The third kappa shape index (κ3) is 3.05. The average molecular weight is 270 g/mol. The van der Waals surface area contributed by atoms with Gasteiger partial charge in [0.15, 0.2) is 6.10 Å². The van der Waals surface area contributed by atoms with Crippen molar-refractivity contribution >= 4 is 21.9 Å². The third-order valence-corrected chi connectivity index (χ3v) is 2.38. The average Bonchev–Trinajstić information content (AvgIpc) is 2.18. The van der Waals surface area contributed by atoms with Gasteiger partial charge < -0.3 is 10.2 Å². The van der Waals surface area contributed by atoms with Gasteiger partial charge in [-0.3, -0.25) is 0 Å². The van der Waals surface area contributed by atoms with Crippen LogP contribution in [0.15, 0.2) is 22.7 Å². The molecule has 4 nitrogen and oxygen atoms in total. The molecule has 0 aromatic heterocycles. The lowest BCUT2D eigenvalue weighted by atomic mass is 10.0. The van der Waals surface area contributed by atoms with Crippen molar-refractivity contribution in [2.45, 2.75) is 12.5 Å². The molecule has 1 aromatic carbocycles. The van der Waals surface area contributed by atoms with E-state index in [1.807, 2.05) is 6.07 Å². The Bertz CT molecular complexity index is 425. The van der Waals surface area contributed by atoms with Crippen molar-refractivity contribution in [3.63, 3.8) is 0 Å². The highest BCUT2D eigenvalue weighted by molar-refractivity contribution is 9.10. The fourth-order valence-corrected chi connectivity index (χ4v) is 1.54. The van der Waals surface area contributed by atoms with E-state index in [9.17, 15) is 4.79 Å². The first-order chi connectivity index (χ1) is 7.04. The molecule has 0 saturated heterocycles. The van der Waals surface area contributed by atoms with Gasteiger partial charge in [-0.25, -0.2) is 4.79 Å². The molecule has 2 N–H and O–H groups in total. The lowest BCUT2D eigenvalue weighted by Crippen LogP contribution is -2.22. The van der Waals surface area contributed by atoms with Crippen molar-refractivity contribution in [1.82, 2.24) is 0 Å². The second kappa shape index (κ2) is 4.91. The molecule has 0 radical (unpaired) electrons. The molecule has 0 fully saturated rings. The SMILES string of the molecule is N#Cc1ccc(Br)cc1CC(O)C(=O)O. The monoisotopic (exact) mass is 269 g/mol. The van der Waals surface area contributed by atoms with E-state index in [-0.39, 0.29) is 6.42 Å². The summed E-state index contributed by atoms with van der Waals surface area (Å²) in [5, 5.41) is 26.5. The number of nitrogens with zero attached hydrogens (tertiary/aromatic N) is 1. The molecule has 0 spiro atoms. The number of hydrogen-bond donors (Lipinski definition) is 2. The Morgan fingerprint density at radius 2 is 2.27 bits per heavy atom. The smallest absolute Gasteiger partial charge is 0.332 e. The molecule has 5 heteroatoms. The summed E-state index contributed by atoms with van der Waals surface area (Å²) < 4.78 is 0.745. The summed E-state index contributed by atoms with van der Waals surface area (Å²) in [5.74, 6) is -1.29. The number of benzene rings is 1. The predicted octanol–water partition coefficient (Wildman–Crippen LogP) is 1.31. The molecule has 0 heterocycles. The van der Waals surface area contributed by atoms with Gasteiger partial charge in [0.2, 0.25) is 0 Å². The van der Waals surface area contributed by atoms with Gasteiger partial charge in [-0.2, -0.15) is 5.26 Å². The van der Waals surface area contributed by atoms with Crippen LogP contribution in [0.5, 0.6) is 0 Å². The third-order valence-electron chi connectivity index (χ3n) is 1.89. The Morgan fingerprint density at radius 3 is 2.80 bits per heavy atom. The number of hydrogen-bond acceptors (Lipinski definition) is 3. The van der Waals surface area contributed by atoms with Gasteiger partial charge in [-0.05, 0) is 23.8 Å². The van der Waals surface area contributed by atoms with Gasteiger partial charge in [0.25, 0.3) is 0 Å². The van der Waals surface area contributed by atoms with Crippen molar-refractivity contribution in [3.05, 3.63) is 33.8 Å². The minimum absolute atomic E-state index is 0.0718. The Hall–Kier alpha value is -1.38. The molecule has 0 bridgehead atoms. The zero-order chi connectivity index (χ0) is 11.4. The highest BCUT2D eigenvalue weighted by Crippen LogP contribution is 2.17. The van der Waals surface area contributed by atoms with Gasteiger partial charge in [0.05, 0.1) is 11.6 Å². The molecule has 78 valence electrons. The van der Waals surface area contributed by atoms with Crippen molar-refractivity contribution in [2.75, 3.05) is 0 Å². The number of halogens is 1. The number of carboxylic acids is 1. The molecule has 1 rings (SSSR count). The second-order valence-corrected chi connectivity index (χ2v) is 3.89. The number of carbonyl (C=O) groups is 1. The number of carboxylic acid groups (broad SMARTS) is 1. The van der Waals surface area contributed by atoms with Crippen LogP contribution in [0.3, 0.4) is 0 Å². The number of aliphatic hydroxyl groups is 1. The Kier molecular flexibility index (Phi) is 3.83. The molecule has 0 aliphatic carbocycles. The number of rotatable bonds is 3. The Labute approximate surface area is 94.9 Å². The molecule has 1 atom stereocenters. The van der Waals surface area contributed by atoms with Gasteiger partial charge in [0.1, 0.15) is 0 Å². The summed E-state index contributed by atoms with van der Waals surface area (Å²) in [6.07, 6.45) is -1.55. The maximum Gasteiger partial charge on any atom is 0.332 e. The molecule has 0 aliphatic rings. The van der Waals surface area contributed by atoms with E-state index in [1.165, 1.54) is 0 Å². The quantitative estimate of drug-likeness (QED) is 0.867. The van der Waals surface area contributed by atoms with Crippen LogP contribution in [-0.4, -0.2) is 22.3 Å². The normalized spacial score (nSPS) is 11.8. The van der Waals surface area contributed by atoms with Crippen LogP contribution >= 0.6 is 15.9 Å². The first-order valence-electron chi connectivity index (χ1n) is 4.14. The van der Waals surface area contributed by atoms with Crippen LogP contribution in [0.25, 0.3) is 0 Å². The number of aliphatic hydroxyl groups excluding tert-OH is 1. The lowest BCUT2D eigenvalue weighted by molar-refractivity contribution is -0.146. The van der Waals surface area contributed by atoms with Crippen LogP contribution < -0.4 is 0 Å². The molecular formula is C10H8BrNO3. The van der Waals surface area contributed by atoms with E-state index >= 15 is 0 Å². The van der Waals surface area contributed by atoms with Crippen LogP contribution in [0.2, 0.25) is 0 Å². The zero-order valence-electron chi connectivity index (χ0n) is 7.64. The Balaban J connectivity index is 2.98. The van der Waals surface area contributed by atoms with E-state index in [2.05, 4.69) is 15.9 Å². The van der Waals surface area contributed by atoms with Gasteiger partial charge in [-0.15, -0.1) is 0 Å². The molecule has 1 unspecified atom stereocenters. The van der Waals surface area contributed by atoms with Crippen LogP contribution in [-0.2, 0) is 11.2 Å². The van der Waals surface area contributed by atoms with Gasteiger partial charge in [-0.1, -0.05) is 15.9 Å². The molecule has 1 aromatic rings. The minimum atomic E-state index is -1.48. The first kappa shape index (κ1) is 11.7. The molecule has 0 aliphatic heterocycles. The maximum absolute atomic E-state index is 10.4.